The Morgan fingerprint density at radius 1 is 0.741 bits per heavy atom. The molecule has 4 heteroatoms. The van der Waals surface area contributed by atoms with Crippen LogP contribution in [0.4, 0.5) is 0 Å². The van der Waals surface area contributed by atoms with Gasteiger partial charge in [0.15, 0.2) is 0 Å². The fourth-order valence-electron chi connectivity index (χ4n) is 3.54. The van der Waals surface area contributed by atoms with E-state index in [1.165, 1.54) is 75.7 Å². The van der Waals surface area contributed by atoms with Gasteiger partial charge in [-0.2, -0.15) is 0 Å². The van der Waals surface area contributed by atoms with Gasteiger partial charge >= 0.3 is 0 Å². The summed E-state index contributed by atoms with van der Waals surface area (Å²) in [6.45, 7) is 4.42. The highest BCUT2D eigenvalue weighted by Crippen LogP contribution is 2.18. The molecular formula is C23H47N3O. The molecule has 0 aromatic rings. The molecule has 0 rings (SSSR count). The molecule has 1 unspecified atom stereocenters. The van der Waals surface area contributed by atoms with Crippen molar-refractivity contribution in [1.29, 1.82) is 0 Å². The van der Waals surface area contributed by atoms with Crippen molar-refractivity contribution in [1.82, 2.24) is 16.0 Å². The second kappa shape index (κ2) is 19.9. The molecule has 0 aromatic carbocycles. The molecule has 0 aromatic heterocycles. The second-order valence-corrected chi connectivity index (χ2v) is 7.63. The van der Waals surface area contributed by atoms with Crippen LogP contribution >= 0.6 is 0 Å². The van der Waals surface area contributed by atoms with Crippen LogP contribution < -0.4 is 10.9 Å². The molecule has 2 N–H and O–H groups in total. The summed E-state index contributed by atoms with van der Waals surface area (Å²) in [5, 5.41) is 1.51. The standard InChI is InChI=1S/C23H47N3O/c1-5-7-8-9-10-11-12-13-14-15-16-17-18-19-21-22(20-6-2)23(27)26(24-3)25-4/h13-14,22,24-25H,5-12,15-21H2,1-4H3/b14-13-. The van der Waals surface area contributed by atoms with E-state index in [4.69, 9.17) is 0 Å². The van der Waals surface area contributed by atoms with Crippen molar-refractivity contribution < 1.29 is 4.79 Å². The van der Waals surface area contributed by atoms with E-state index in [1.807, 2.05) is 0 Å². The number of unbranched alkanes of at least 4 members (excludes halogenated alkanes) is 10. The van der Waals surface area contributed by atoms with Gasteiger partial charge in [-0.3, -0.25) is 4.79 Å². The maximum atomic E-state index is 12.5. The highest BCUT2D eigenvalue weighted by atomic mass is 16.2. The molecule has 0 bridgehead atoms. The lowest BCUT2D eigenvalue weighted by Gasteiger charge is -2.25. The van der Waals surface area contributed by atoms with Crippen molar-refractivity contribution in [2.45, 2.75) is 110 Å². The molecular weight excluding hydrogens is 334 g/mol. The van der Waals surface area contributed by atoms with Gasteiger partial charge in [0.05, 0.1) is 0 Å². The van der Waals surface area contributed by atoms with Crippen LogP contribution in [0.1, 0.15) is 110 Å². The highest BCUT2D eigenvalue weighted by molar-refractivity contribution is 5.77. The number of amides is 1. The van der Waals surface area contributed by atoms with Crippen LogP contribution in [0.5, 0.6) is 0 Å². The zero-order valence-electron chi connectivity index (χ0n) is 18.7. The maximum Gasteiger partial charge on any atom is 0.254 e. The Morgan fingerprint density at radius 3 is 1.78 bits per heavy atom. The molecule has 27 heavy (non-hydrogen) atoms. The molecule has 1 amide bonds. The average Bonchev–Trinajstić information content (AvgIpc) is 2.68. The van der Waals surface area contributed by atoms with Crippen LogP contribution in [0.2, 0.25) is 0 Å². The quantitative estimate of drug-likeness (QED) is 0.160. The third-order valence-corrected chi connectivity index (χ3v) is 5.22. The van der Waals surface area contributed by atoms with Gasteiger partial charge in [-0.15, -0.1) is 0 Å². The Morgan fingerprint density at radius 2 is 1.26 bits per heavy atom. The number of carbonyl (C=O) groups excluding carboxylic acids is 1. The van der Waals surface area contributed by atoms with E-state index in [1.54, 1.807) is 14.1 Å². The molecule has 0 saturated heterocycles. The Kier molecular flexibility index (Phi) is 19.2. The summed E-state index contributed by atoms with van der Waals surface area (Å²) in [7, 11) is 3.55. The lowest BCUT2D eigenvalue weighted by Crippen LogP contribution is -2.51. The van der Waals surface area contributed by atoms with Gasteiger partial charge in [-0.1, -0.05) is 83.8 Å². The fraction of sp³-hybridized carbons (Fsp3) is 0.870. The molecule has 4 nitrogen and oxygen atoms in total. The van der Waals surface area contributed by atoms with Gasteiger partial charge in [-0.25, -0.2) is 16.0 Å². The van der Waals surface area contributed by atoms with Crippen LogP contribution in [0.15, 0.2) is 12.2 Å². The van der Waals surface area contributed by atoms with Crippen LogP contribution in [-0.2, 0) is 4.79 Å². The van der Waals surface area contributed by atoms with Crippen molar-refractivity contribution in [2.24, 2.45) is 5.92 Å². The Hall–Kier alpha value is -0.870. The highest BCUT2D eigenvalue weighted by Gasteiger charge is 2.21. The molecule has 0 aliphatic rings. The lowest BCUT2D eigenvalue weighted by atomic mass is 9.95. The van der Waals surface area contributed by atoms with Crippen molar-refractivity contribution in [3.05, 3.63) is 12.2 Å². The molecule has 0 radical (unpaired) electrons. The fourth-order valence-corrected chi connectivity index (χ4v) is 3.54. The van der Waals surface area contributed by atoms with Crippen LogP contribution in [0.3, 0.4) is 0 Å². The van der Waals surface area contributed by atoms with Gasteiger partial charge < -0.3 is 0 Å². The molecule has 160 valence electrons. The van der Waals surface area contributed by atoms with Crippen molar-refractivity contribution in [3.63, 3.8) is 0 Å². The predicted octanol–water partition coefficient (Wildman–Crippen LogP) is 6.15. The maximum absolute atomic E-state index is 12.5. The van der Waals surface area contributed by atoms with Gasteiger partial charge in [0.25, 0.3) is 5.91 Å². The summed E-state index contributed by atoms with van der Waals surface area (Å²) in [5.74, 6) is 0.298. The van der Waals surface area contributed by atoms with Crippen molar-refractivity contribution in [2.75, 3.05) is 14.1 Å². The Bertz CT molecular complexity index is 354. The Labute approximate surface area is 169 Å². The van der Waals surface area contributed by atoms with Gasteiger partial charge in [0.1, 0.15) is 0 Å². The number of hydrogen-bond acceptors (Lipinski definition) is 3. The molecule has 1 atom stereocenters. The summed E-state index contributed by atoms with van der Waals surface area (Å²) in [6, 6.07) is 0. The van der Waals surface area contributed by atoms with Crippen LogP contribution in [-0.4, -0.2) is 25.1 Å². The van der Waals surface area contributed by atoms with Gasteiger partial charge in [0.2, 0.25) is 0 Å². The number of hydrogen-bond donors (Lipinski definition) is 2. The van der Waals surface area contributed by atoms with Crippen molar-refractivity contribution >= 4 is 5.91 Å². The van der Waals surface area contributed by atoms with E-state index in [0.717, 1.165) is 25.7 Å². The summed E-state index contributed by atoms with van der Waals surface area (Å²) >= 11 is 0. The van der Waals surface area contributed by atoms with E-state index >= 15 is 0 Å². The van der Waals surface area contributed by atoms with E-state index in [2.05, 4.69) is 36.9 Å². The van der Waals surface area contributed by atoms with Crippen LogP contribution in [0.25, 0.3) is 0 Å². The number of rotatable bonds is 19. The Balaban J connectivity index is 3.67. The van der Waals surface area contributed by atoms with E-state index in [-0.39, 0.29) is 11.8 Å². The number of nitrogens with zero attached hydrogens (tertiary/aromatic N) is 1. The molecule has 0 saturated carbocycles. The molecule has 0 aliphatic carbocycles. The monoisotopic (exact) mass is 381 g/mol. The van der Waals surface area contributed by atoms with Crippen LogP contribution in [0, 0.1) is 5.92 Å². The van der Waals surface area contributed by atoms with E-state index in [9.17, 15) is 4.79 Å². The number of carbonyl (C=O) groups is 1. The summed E-state index contributed by atoms with van der Waals surface area (Å²) in [6.07, 6.45) is 23.5. The normalized spacial score (nSPS) is 12.6. The lowest BCUT2D eigenvalue weighted by molar-refractivity contribution is -0.142. The third kappa shape index (κ3) is 14.8. The summed E-state index contributed by atoms with van der Waals surface area (Å²) in [5.41, 5.74) is 5.81. The molecule has 0 aliphatic heterocycles. The summed E-state index contributed by atoms with van der Waals surface area (Å²) in [4.78, 5) is 12.5. The van der Waals surface area contributed by atoms with Gasteiger partial charge in [-0.05, 0) is 38.5 Å². The molecule has 0 heterocycles. The second-order valence-electron chi connectivity index (χ2n) is 7.63. The number of nitrogens with one attached hydrogen (secondary N) is 2. The smallest absolute Gasteiger partial charge is 0.254 e. The first-order chi connectivity index (χ1) is 13.2. The van der Waals surface area contributed by atoms with E-state index < -0.39 is 0 Å². The minimum atomic E-state index is 0.132. The SMILES string of the molecule is CCCCCCCC/C=C\CCCCCCC(CCC)C(=O)N(NC)NC. The third-order valence-electron chi connectivity index (χ3n) is 5.22. The first kappa shape index (κ1) is 26.1. The average molecular weight is 382 g/mol. The zero-order chi connectivity index (χ0) is 20.2. The zero-order valence-corrected chi connectivity index (χ0v) is 18.7. The van der Waals surface area contributed by atoms with Gasteiger partial charge in [0, 0.05) is 20.0 Å². The summed E-state index contributed by atoms with van der Waals surface area (Å²) < 4.78 is 0. The predicted molar refractivity (Wildman–Crippen MR) is 118 cm³/mol. The van der Waals surface area contributed by atoms with E-state index in [0.29, 0.717) is 0 Å². The minimum Gasteiger partial charge on any atom is -0.272 e. The molecule has 0 fully saturated rings. The molecule has 0 spiro atoms. The largest absolute Gasteiger partial charge is 0.272 e. The topological polar surface area (TPSA) is 44.4 Å². The minimum absolute atomic E-state index is 0.132. The number of hydrazine groups is 2. The first-order valence-corrected chi connectivity index (χ1v) is 11.5. The number of allylic oxidation sites excluding steroid dienone is 2. The first-order valence-electron chi connectivity index (χ1n) is 11.5. The van der Waals surface area contributed by atoms with Crippen molar-refractivity contribution in [3.8, 4) is 0 Å².